The van der Waals surface area contributed by atoms with E-state index >= 15 is 0 Å². The van der Waals surface area contributed by atoms with Crippen LogP contribution >= 0.6 is 0 Å². The summed E-state index contributed by atoms with van der Waals surface area (Å²) in [6, 6.07) is 3.37. The Morgan fingerprint density at radius 3 is 2.74 bits per heavy atom. The van der Waals surface area contributed by atoms with Gasteiger partial charge in [0.05, 0.1) is 0 Å². The highest BCUT2D eigenvalue weighted by Crippen LogP contribution is 2.09. The van der Waals surface area contributed by atoms with Gasteiger partial charge in [-0.3, -0.25) is 9.59 Å². The number of hydrogen-bond donors (Lipinski definition) is 2. The highest BCUT2D eigenvalue weighted by molar-refractivity contribution is 5.94. The van der Waals surface area contributed by atoms with E-state index in [0.717, 1.165) is 5.82 Å². The lowest BCUT2D eigenvalue weighted by atomic mass is 10.2. The molecule has 0 radical (unpaired) electrons. The molecule has 104 valence electrons. The molecular formula is C13H19N3O3. The zero-order chi connectivity index (χ0) is 14.3. The van der Waals surface area contributed by atoms with Gasteiger partial charge in [0.25, 0.3) is 5.91 Å². The Hall–Kier alpha value is -2.11. The molecule has 2 N–H and O–H groups in total. The molecule has 0 fully saturated rings. The van der Waals surface area contributed by atoms with Crippen LogP contribution in [0, 0.1) is 0 Å². The first-order valence-corrected chi connectivity index (χ1v) is 6.14. The van der Waals surface area contributed by atoms with Crippen molar-refractivity contribution in [1.29, 1.82) is 0 Å². The van der Waals surface area contributed by atoms with E-state index in [1.54, 1.807) is 18.3 Å². The van der Waals surface area contributed by atoms with Gasteiger partial charge < -0.3 is 15.3 Å². The molecule has 0 saturated carbocycles. The van der Waals surface area contributed by atoms with Gasteiger partial charge in [0.2, 0.25) is 0 Å². The minimum Gasteiger partial charge on any atom is -0.481 e. The molecular weight excluding hydrogens is 246 g/mol. The van der Waals surface area contributed by atoms with E-state index in [1.807, 2.05) is 19.0 Å². The first kappa shape index (κ1) is 14.9. The highest BCUT2D eigenvalue weighted by Gasteiger charge is 2.07. The van der Waals surface area contributed by atoms with E-state index in [-0.39, 0.29) is 12.3 Å². The first-order chi connectivity index (χ1) is 9.00. The van der Waals surface area contributed by atoms with Crippen LogP contribution in [0.3, 0.4) is 0 Å². The second-order valence-corrected chi connectivity index (χ2v) is 4.40. The summed E-state index contributed by atoms with van der Waals surface area (Å²) in [7, 11) is 3.71. The number of hydrogen-bond acceptors (Lipinski definition) is 4. The van der Waals surface area contributed by atoms with E-state index < -0.39 is 5.97 Å². The molecule has 1 aromatic heterocycles. The molecule has 0 atom stereocenters. The van der Waals surface area contributed by atoms with Crippen LogP contribution in [0.25, 0.3) is 0 Å². The van der Waals surface area contributed by atoms with Gasteiger partial charge in [-0.25, -0.2) is 4.98 Å². The zero-order valence-corrected chi connectivity index (χ0v) is 11.2. The fraction of sp³-hybridized carbons (Fsp3) is 0.462. The van der Waals surface area contributed by atoms with Crippen molar-refractivity contribution in [2.45, 2.75) is 19.3 Å². The van der Waals surface area contributed by atoms with Crippen molar-refractivity contribution in [2.24, 2.45) is 0 Å². The van der Waals surface area contributed by atoms with Crippen molar-refractivity contribution >= 4 is 17.7 Å². The minimum absolute atomic E-state index is 0.135. The van der Waals surface area contributed by atoms with Crippen LogP contribution in [0.2, 0.25) is 0 Å². The molecule has 6 heteroatoms. The molecule has 0 bridgehead atoms. The van der Waals surface area contributed by atoms with Gasteiger partial charge in [-0.15, -0.1) is 0 Å². The van der Waals surface area contributed by atoms with Crippen molar-refractivity contribution in [3.63, 3.8) is 0 Å². The molecule has 1 aromatic rings. The molecule has 0 unspecified atom stereocenters. The van der Waals surface area contributed by atoms with Gasteiger partial charge in [0.1, 0.15) is 5.82 Å². The van der Waals surface area contributed by atoms with Crippen molar-refractivity contribution in [3.05, 3.63) is 23.9 Å². The van der Waals surface area contributed by atoms with Crippen LogP contribution in [0.5, 0.6) is 0 Å². The Bertz CT molecular complexity index is 447. The van der Waals surface area contributed by atoms with Gasteiger partial charge in [-0.1, -0.05) is 0 Å². The standard InChI is InChI=1S/C13H19N3O3/c1-16(2)11-9-10(6-8-14-11)13(19)15-7-4-3-5-12(17)18/h6,8-9H,3-5,7H2,1-2H3,(H,15,19)(H,17,18). The molecule has 6 nitrogen and oxygen atoms in total. The fourth-order valence-electron chi connectivity index (χ4n) is 1.51. The molecule has 1 amide bonds. The Morgan fingerprint density at radius 1 is 1.37 bits per heavy atom. The normalized spacial score (nSPS) is 10.0. The lowest BCUT2D eigenvalue weighted by Gasteiger charge is -2.12. The number of rotatable bonds is 7. The SMILES string of the molecule is CN(C)c1cc(C(=O)NCCCCC(=O)O)ccn1. The molecule has 0 aliphatic rings. The summed E-state index contributed by atoms with van der Waals surface area (Å²) in [6.07, 6.45) is 2.95. The molecule has 1 rings (SSSR count). The van der Waals surface area contributed by atoms with Crippen molar-refractivity contribution < 1.29 is 14.7 Å². The Kier molecular flexibility index (Phi) is 5.78. The minimum atomic E-state index is -0.809. The fourth-order valence-corrected chi connectivity index (χ4v) is 1.51. The maximum absolute atomic E-state index is 11.8. The third-order valence-electron chi connectivity index (χ3n) is 2.57. The summed E-state index contributed by atoms with van der Waals surface area (Å²) < 4.78 is 0. The molecule has 0 spiro atoms. The maximum Gasteiger partial charge on any atom is 0.303 e. The first-order valence-electron chi connectivity index (χ1n) is 6.14. The van der Waals surface area contributed by atoms with Crippen LogP contribution in [-0.4, -0.2) is 42.6 Å². The summed E-state index contributed by atoms with van der Waals surface area (Å²) in [5.41, 5.74) is 0.553. The van der Waals surface area contributed by atoms with Gasteiger partial charge >= 0.3 is 5.97 Å². The predicted molar refractivity (Wildman–Crippen MR) is 72.4 cm³/mol. The number of unbranched alkanes of at least 4 members (excludes halogenated alkanes) is 1. The van der Waals surface area contributed by atoms with Crippen LogP contribution in [0.4, 0.5) is 5.82 Å². The number of nitrogens with one attached hydrogen (secondary N) is 1. The van der Waals surface area contributed by atoms with E-state index in [4.69, 9.17) is 5.11 Å². The Morgan fingerprint density at radius 2 is 2.11 bits per heavy atom. The third kappa shape index (κ3) is 5.37. The number of carboxylic acid groups (broad SMARTS) is 1. The molecule has 0 aromatic carbocycles. The largest absolute Gasteiger partial charge is 0.481 e. The monoisotopic (exact) mass is 265 g/mol. The smallest absolute Gasteiger partial charge is 0.303 e. The van der Waals surface area contributed by atoms with Crippen molar-refractivity contribution in [2.75, 3.05) is 25.5 Å². The summed E-state index contributed by atoms with van der Waals surface area (Å²) in [5.74, 6) is -0.254. The Labute approximate surface area is 112 Å². The number of nitrogens with zero attached hydrogens (tertiary/aromatic N) is 2. The van der Waals surface area contributed by atoms with Crippen molar-refractivity contribution in [1.82, 2.24) is 10.3 Å². The summed E-state index contributed by atoms with van der Waals surface area (Å²) in [4.78, 5) is 28.1. The Balaban J connectivity index is 2.41. The number of carbonyl (C=O) groups is 2. The van der Waals surface area contributed by atoms with Crippen molar-refractivity contribution in [3.8, 4) is 0 Å². The number of amides is 1. The quantitative estimate of drug-likeness (QED) is 0.722. The summed E-state index contributed by atoms with van der Waals surface area (Å²) in [5, 5.41) is 11.2. The summed E-state index contributed by atoms with van der Waals surface area (Å²) >= 11 is 0. The van der Waals surface area contributed by atoms with E-state index in [9.17, 15) is 9.59 Å². The van der Waals surface area contributed by atoms with Crippen LogP contribution in [0.15, 0.2) is 18.3 Å². The lowest BCUT2D eigenvalue weighted by molar-refractivity contribution is -0.137. The third-order valence-corrected chi connectivity index (χ3v) is 2.57. The van der Waals surface area contributed by atoms with Crippen LogP contribution < -0.4 is 10.2 Å². The molecule has 0 aliphatic heterocycles. The molecule has 1 heterocycles. The van der Waals surface area contributed by atoms with E-state index in [2.05, 4.69) is 10.3 Å². The average molecular weight is 265 g/mol. The highest BCUT2D eigenvalue weighted by atomic mass is 16.4. The van der Waals surface area contributed by atoms with E-state index in [1.165, 1.54) is 0 Å². The van der Waals surface area contributed by atoms with Crippen LogP contribution in [0.1, 0.15) is 29.6 Å². The summed E-state index contributed by atoms with van der Waals surface area (Å²) in [6.45, 7) is 0.478. The number of carboxylic acids is 1. The number of aromatic nitrogens is 1. The zero-order valence-electron chi connectivity index (χ0n) is 11.2. The maximum atomic E-state index is 11.8. The van der Waals surface area contributed by atoms with E-state index in [0.29, 0.717) is 24.9 Å². The number of anilines is 1. The van der Waals surface area contributed by atoms with Gasteiger partial charge in [0.15, 0.2) is 0 Å². The molecule has 19 heavy (non-hydrogen) atoms. The predicted octanol–water partition coefficient (Wildman–Crippen LogP) is 1.13. The number of pyridine rings is 1. The van der Waals surface area contributed by atoms with Crippen LogP contribution in [-0.2, 0) is 4.79 Å². The molecule has 0 saturated heterocycles. The number of aliphatic carboxylic acids is 1. The lowest BCUT2D eigenvalue weighted by Crippen LogP contribution is -2.25. The number of carbonyl (C=O) groups excluding carboxylic acids is 1. The molecule has 0 aliphatic carbocycles. The second kappa shape index (κ2) is 7.35. The topological polar surface area (TPSA) is 82.5 Å². The van der Waals surface area contributed by atoms with Gasteiger partial charge in [0, 0.05) is 38.8 Å². The van der Waals surface area contributed by atoms with Gasteiger partial charge in [-0.2, -0.15) is 0 Å². The average Bonchev–Trinajstić information content (AvgIpc) is 2.37. The second-order valence-electron chi connectivity index (χ2n) is 4.40. The van der Waals surface area contributed by atoms with Gasteiger partial charge in [-0.05, 0) is 25.0 Å².